The molecule has 2 amide bonds. The smallest absolute Gasteiger partial charge is 0.391 e. The lowest BCUT2D eigenvalue weighted by Crippen LogP contribution is -2.44. The van der Waals surface area contributed by atoms with Crippen LogP contribution in [0.1, 0.15) is 44.7 Å². The number of β-amino-alcohol motifs (C(OH)–C–C–N with tert-alkyl or cyclic N) is 1. The van der Waals surface area contributed by atoms with E-state index in [9.17, 15) is 27.9 Å². The number of likely N-dealkylation sites (tertiary alicyclic amines) is 1. The van der Waals surface area contributed by atoms with Crippen molar-refractivity contribution in [3.63, 3.8) is 0 Å². The fourth-order valence-electron chi connectivity index (χ4n) is 5.58. The van der Waals surface area contributed by atoms with Gasteiger partial charge in [-0.05, 0) is 48.6 Å². The molecular weight excluding hydrogens is 499 g/mol. The summed E-state index contributed by atoms with van der Waals surface area (Å²) in [6.07, 6.45) is -4.28. The molecule has 0 aliphatic carbocycles. The molecule has 3 heterocycles. The first kappa shape index (κ1) is 26.5. The third-order valence-corrected chi connectivity index (χ3v) is 7.72. The van der Waals surface area contributed by atoms with Gasteiger partial charge in [0.25, 0.3) is 11.8 Å². The van der Waals surface area contributed by atoms with Crippen LogP contribution in [0, 0.1) is 5.92 Å². The van der Waals surface area contributed by atoms with Crippen LogP contribution in [-0.2, 0) is 13.0 Å². The van der Waals surface area contributed by atoms with Crippen molar-refractivity contribution in [2.75, 3.05) is 45.9 Å². The van der Waals surface area contributed by atoms with Crippen molar-refractivity contribution in [2.24, 2.45) is 5.92 Å². The Labute approximate surface area is 219 Å². The van der Waals surface area contributed by atoms with Crippen molar-refractivity contribution >= 4 is 11.8 Å². The number of ether oxygens (including phenoxy) is 1. The van der Waals surface area contributed by atoms with Crippen LogP contribution < -0.4 is 4.74 Å². The van der Waals surface area contributed by atoms with Gasteiger partial charge >= 0.3 is 6.18 Å². The molecule has 1 saturated heterocycles. The van der Waals surface area contributed by atoms with Crippen LogP contribution in [0.25, 0.3) is 0 Å². The van der Waals surface area contributed by atoms with Gasteiger partial charge in [-0.25, -0.2) is 0 Å². The minimum absolute atomic E-state index is 0.0359. The van der Waals surface area contributed by atoms with E-state index >= 15 is 0 Å². The normalized spacial score (nSPS) is 19.8. The van der Waals surface area contributed by atoms with Crippen molar-refractivity contribution < 1.29 is 32.6 Å². The van der Waals surface area contributed by atoms with Gasteiger partial charge in [-0.1, -0.05) is 24.3 Å². The van der Waals surface area contributed by atoms with Gasteiger partial charge in [0.1, 0.15) is 12.4 Å². The van der Waals surface area contributed by atoms with Gasteiger partial charge in [-0.15, -0.1) is 0 Å². The second-order valence-electron chi connectivity index (χ2n) is 10.3. The van der Waals surface area contributed by atoms with Crippen molar-refractivity contribution in [3.8, 4) is 5.75 Å². The molecule has 0 spiro atoms. The third-order valence-electron chi connectivity index (χ3n) is 7.72. The molecule has 0 saturated carbocycles. The SMILES string of the molecule is O=C(c1ccc2c(c1)OCCN(C[C@H](O)CN1CCc3ccccc3C1)C2=O)N1CCC(C(F)(F)F)CC1. The van der Waals surface area contributed by atoms with E-state index in [0.717, 1.165) is 19.5 Å². The summed E-state index contributed by atoms with van der Waals surface area (Å²) in [7, 11) is 0. The Bertz CT molecular complexity index is 1180. The molecule has 1 atom stereocenters. The van der Waals surface area contributed by atoms with Gasteiger partial charge < -0.3 is 19.6 Å². The van der Waals surface area contributed by atoms with Crippen molar-refractivity contribution in [1.82, 2.24) is 14.7 Å². The van der Waals surface area contributed by atoms with Crippen LogP contribution in [0.3, 0.4) is 0 Å². The summed E-state index contributed by atoms with van der Waals surface area (Å²) in [5, 5.41) is 10.8. The molecule has 1 N–H and O–H groups in total. The predicted octanol–water partition coefficient (Wildman–Crippen LogP) is 3.35. The lowest BCUT2D eigenvalue weighted by Gasteiger charge is -2.33. The Morgan fingerprint density at radius 2 is 1.76 bits per heavy atom. The number of carbonyl (C=O) groups is 2. The molecule has 0 unspecified atom stereocenters. The molecule has 204 valence electrons. The number of piperidine rings is 1. The van der Waals surface area contributed by atoms with E-state index in [-0.39, 0.29) is 62.2 Å². The number of halogens is 3. The molecule has 10 heteroatoms. The molecule has 5 rings (SSSR count). The lowest BCUT2D eigenvalue weighted by atomic mass is 9.95. The minimum atomic E-state index is -4.24. The van der Waals surface area contributed by atoms with Gasteiger partial charge in [0, 0.05) is 44.8 Å². The molecule has 0 radical (unpaired) electrons. The average Bonchev–Trinajstić information content (AvgIpc) is 3.05. The lowest BCUT2D eigenvalue weighted by molar-refractivity contribution is -0.183. The number of carbonyl (C=O) groups excluding carboxylic acids is 2. The first-order valence-electron chi connectivity index (χ1n) is 13.1. The number of alkyl halides is 3. The number of benzene rings is 2. The van der Waals surface area contributed by atoms with Crippen LogP contribution in [0.2, 0.25) is 0 Å². The summed E-state index contributed by atoms with van der Waals surface area (Å²) in [5.41, 5.74) is 3.17. The van der Waals surface area contributed by atoms with E-state index in [1.165, 1.54) is 34.2 Å². The zero-order valence-corrected chi connectivity index (χ0v) is 21.1. The first-order chi connectivity index (χ1) is 18.2. The fourth-order valence-corrected chi connectivity index (χ4v) is 5.58. The molecular formula is C28H32F3N3O4. The van der Waals surface area contributed by atoms with E-state index in [0.29, 0.717) is 18.7 Å². The molecule has 38 heavy (non-hydrogen) atoms. The number of rotatable bonds is 5. The molecule has 0 bridgehead atoms. The third kappa shape index (κ3) is 5.81. The highest BCUT2D eigenvalue weighted by atomic mass is 19.4. The Morgan fingerprint density at radius 1 is 1.03 bits per heavy atom. The summed E-state index contributed by atoms with van der Waals surface area (Å²) < 4.78 is 44.7. The summed E-state index contributed by atoms with van der Waals surface area (Å²) in [6, 6.07) is 12.8. The average molecular weight is 532 g/mol. The molecule has 7 nitrogen and oxygen atoms in total. The summed E-state index contributed by atoms with van der Waals surface area (Å²) >= 11 is 0. The second-order valence-corrected chi connectivity index (χ2v) is 10.3. The predicted molar refractivity (Wildman–Crippen MR) is 134 cm³/mol. The Hall–Kier alpha value is -3.11. The number of hydrogen-bond acceptors (Lipinski definition) is 5. The highest BCUT2D eigenvalue weighted by molar-refractivity contribution is 6.00. The van der Waals surface area contributed by atoms with Gasteiger partial charge in [-0.3, -0.25) is 14.5 Å². The maximum absolute atomic E-state index is 13.3. The maximum Gasteiger partial charge on any atom is 0.391 e. The van der Waals surface area contributed by atoms with E-state index in [4.69, 9.17) is 4.74 Å². The van der Waals surface area contributed by atoms with E-state index < -0.39 is 18.2 Å². The second kappa shape index (κ2) is 10.9. The van der Waals surface area contributed by atoms with Crippen LogP contribution >= 0.6 is 0 Å². The number of nitrogens with zero attached hydrogens (tertiary/aromatic N) is 3. The van der Waals surface area contributed by atoms with Crippen molar-refractivity contribution in [1.29, 1.82) is 0 Å². The standard InChI is InChI=1S/C28H32F3N3O4/c29-28(30,31)22-8-11-33(12-9-22)26(36)20-5-6-24-25(15-20)38-14-13-34(27(24)37)18-23(35)17-32-10-7-19-3-1-2-4-21(19)16-32/h1-6,15,22-23,35H,7-14,16-18H2/t23-/m1/s1. The number of fused-ring (bicyclic) bond motifs is 2. The van der Waals surface area contributed by atoms with Crippen molar-refractivity contribution in [3.05, 3.63) is 64.7 Å². The molecule has 2 aromatic rings. The van der Waals surface area contributed by atoms with Gasteiger partial charge in [-0.2, -0.15) is 13.2 Å². The first-order valence-corrected chi connectivity index (χ1v) is 13.1. The molecule has 0 aromatic heterocycles. The van der Waals surface area contributed by atoms with Crippen LogP contribution in [0.5, 0.6) is 5.75 Å². The molecule has 3 aliphatic heterocycles. The van der Waals surface area contributed by atoms with Crippen molar-refractivity contribution in [2.45, 2.75) is 38.1 Å². The molecule has 1 fully saturated rings. The largest absolute Gasteiger partial charge is 0.491 e. The van der Waals surface area contributed by atoms with Gasteiger partial charge in [0.15, 0.2) is 0 Å². The Balaban J connectivity index is 1.19. The highest BCUT2D eigenvalue weighted by Gasteiger charge is 2.42. The number of aliphatic hydroxyl groups excluding tert-OH is 1. The molecule has 3 aliphatic rings. The zero-order chi connectivity index (χ0) is 26.9. The monoisotopic (exact) mass is 531 g/mol. The van der Waals surface area contributed by atoms with Crippen LogP contribution in [0.15, 0.2) is 42.5 Å². The Morgan fingerprint density at radius 3 is 2.50 bits per heavy atom. The van der Waals surface area contributed by atoms with Crippen LogP contribution in [-0.4, -0.2) is 89.8 Å². The number of hydrogen-bond donors (Lipinski definition) is 1. The van der Waals surface area contributed by atoms with Crippen LogP contribution in [0.4, 0.5) is 13.2 Å². The fraction of sp³-hybridized carbons (Fsp3) is 0.500. The zero-order valence-electron chi connectivity index (χ0n) is 21.1. The van der Waals surface area contributed by atoms with Gasteiger partial charge in [0.2, 0.25) is 0 Å². The number of amides is 2. The summed E-state index contributed by atoms with van der Waals surface area (Å²) in [6.45, 7) is 2.79. The molecule has 2 aromatic carbocycles. The quantitative estimate of drug-likeness (QED) is 0.641. The highest BCUT2D eigenvalue weighted by Crippen LogP contribution is 2.35. The number of aliphatic hydroxyl groups is 1. The Kier molecular flexibility index (Phi) is 7.63. The maximum atomic E-state index is 13.3. The van der Waals surface area contributed by atoms with E-state index in [1.54, 1.807) is 4.90 Å². The minimum Gasteiger partial charge on any atom is -0.491 e. The van der Waals surface area contributed by atoms with Gasteiger partial charge in [0.05, 0.1) is 24.1 Å². The van der Waals surface area contributed by atoms with E-state index in [2.05, 4.69) is 17.0 Å². The topological polar surface area (TPSA) is 73.3 Å². The summed E-state index contributed by atoms with van der Waals surface area (Å²) in [5.74, 6) is -1.77. The summed E-state index contributed by atoms with van der Waals surface area (Å²) in [4.78, 5) is 31.4. The van der Waals surface area contributed by atoms with E-state index in [1.807, 2.05) is 12.1 Å².